The van der Waals surface area contributed by atoms with Crippen molar-refractivity contribution in [2.75, 3.05) is 4.90 Å². The number of allylic oxidation sites excluding steroid dienone is 2. The van der Waals surface area contributed by atoms with E-state index >= 15 is 0 Å². The van der Waals surface area contributed by atoms with E-state index in [0.29, 0.717) is 6.04 Å². The van der Waals surface area contributed by atoms with Crippen LogP contribution in [0, 0.1) is 0 Å². The van der Waals surface area contributed by atoms with Gasteiger partial charge in [0.15, 0.2) is 0 Å². The number of nitrogens with zero attached hydrogens (tertiary/aromatic N) is 2. The summed E-state index contributed by atoms with van der Waals surface area (Å²) in [4.78, 5) is 2.52. The zero-order valence-corrected chi connectivity index (χ0v) is 26.6. The number of fused-ring (bicyclic) bond motifs is 9. The van der Waals surface area contributed by atoms with Crippen LogP contribution in [0.4, 0.5) is 11.4 Å². The van der Waals surface area contributed by atoms with Gasteiger partial charge in [0.05, 0.1) is 17.1 Å². The number of aromatic nitrogens is 1. The van der Waals surface area contributed by atoms with E-state index in [4.69, 9.17) is 0 Å². The van der Waals surface area contributed by atoms with Crippen molar-refractivity contribution in [3.8, 4) is 16.8 Å². The van der Waals surface area contributed by atoms with Gasteiger partial charge in [-0.05, 0) is 106 Å². The fourth-order valence-electron chi connectivity index (χ4n) is 8.64. The highest BCUT2D eigenvalue weighted by Crippen LogP contribution is 2.52. The molecule has 1 atom stereocenters. The van der Waals surface area contributed by atoms with E-state index in [1.165, 1.54) is 83.4 Å². The Bertz CT molecular complexity index is 2460. The lowest BCUT2D eigenvalue weighted by molar-refractivity contribution is 0.661. The zero-order chi connectivity index (χ0) is 31.3. The molecule has 0 spiro atoms. The molecule has 0 bridgehead atoms. The molecule has 0 radical (unpaired) electrons. The van der Waals surface area contributed by atoms with Crippen LogP contribution in [0.25, 0.3) is 49.8 Å². The van der Waals surface area contributed by atoms with Gasteiger partial charge < -0.3 is 9.47 Å². The van der Waals surface area contributed by atoms with Crippen LogP contribution in [0.5, 0.6) is 0 Å². The molecule has 0 amide bonds. The van der Waals surface area contributed by atoms with Crippen molar-refractivity contribution >= 4 is 44.3 Å². The molecule has 1 unspecified atom stereocenters. The standard InChI is InChI=1S/C45H34N2/c1-45(2)39-19-11-9-17-33(39)35-27-38-37-26-30(22-24-43(37)47(44(38)28-40(35)45)32-15-7-4-8-16-32)29-21-23-42-36(25-29)34-18-10-12-20-41(34)46(42)31-13-5-3-6-14-31/h3-22,24-28,42H,23H2,1-2H3. The summed E-state index contributed by atoms with van der Waals surface area (Å²) < 4.78 is 2.46. The summed E-state index contributed by atoms with van der Waals surface area (Å²) in [5, 5.41) is 2.60. The third-order valence-electron chi connectivity index (χ3n) is 10.9. The number of hydrogen-bond donors (Lipinski definition) is 0. The van der Waals surface area contributed by atoms with Crippen LogP contribution >= 0.6 is 0 Å². The molecule has 47 heavy (non-hydrogen) atoms. The summed E-state index contributed by atoms with van der Waals surface area (Å²) in [5.41, 5.74) is 17.0. The largest absolute Gasteiger partial charge is 0.333 e. The molecular formula is C45H34N2. The second-order valence-corrected chi connectivity index (χ2v) is 13.7. The molecule has 6 aromatic carbocycles. The smallest absolute Gasteiger partial charge is 0.0633 e. The maximum Gasteiger partial charge on any atom is 0.0633 e. The fourth-order valence-corrected chi connectivity index (χ4v) is 8.64. The summed E-state index contributed by atoms with van der Waals surface area (Å²) in [6, 6.07) is 51.9. The van der Waals surface area contributed by atoms with Crippen LogP contribution in [0.1, 0.15) is 42.5 Å². The third kappa shape index (κ3) is 3.73. The molecule has 1 aliphatic heterocycles. The first-order valence-electron chi connectivity index (χ1n) is 16.7. The Kier molecular flexibility index (Phi) is 5.49. The van der Waals surface area contributed by atoms with Crippen molar-refractivity contribution in [3.63, 3.8) is 0 Å². The Balaban J connectivity index is 1.16. The highest BCUT2D eigenvalue weighted by atomic mass is 15.2. The number of para-hydroxylation sites is 3. The summed E-state index contributed by atoms with van der Waals surface area (Å²) in [5.74, 6) is 0. The van der Waals surface area contributed by atoms with Crippen LogP contribution in [-0.2, 0) is 5.41 Å². The molecule has 7 aromatic rings. The van der Waals surface area contributed by atoms with Gasteiger partial charge in [0.2, 0.25) is 0 Å². The zero-order valence-electron chi connectivity index (χ0n) is 26.6. The molecule has 3 aliphatic rings. The van der Waals surface area contributed by atoms with Crippen molar-refractivity contribution in [1.82, 2.24) is 4.57 Å². The quantitative estimate of drug-likeness (QED) is 0.195. The highest BCUT2D eigenvalue weighted by molar-refractivity contribution is 6.13. The Morgan fingerprint density at radius 2 is 1.26 bits per heavy atom. The minimum absolute atomic E-state index is 0.0515. The molecular weight excluding hydrogens is 569 g/mol. The van der Waals surface area contributed by atoms with Crippen molar-refractivity contribution in [1.29, 1.82) is 0 Å². The van der Waals surface area contributed by atoms with Gasteiger partial charge in [0.1, 0.15) is 0 Å². The lowest BCUT2D eigenvalue weighted by Crippen LogP contribution is -2.27. The van der Waals surface area contributed by atoms with Gasteiger partial charge in [-0.15, -0.1) is 0 Å². The summed E-state index contributed by atoms with van der Waals surface area (Å²) >= 11 is 0. The van der Waals surface area contributed by atoms with E-state index in [1.807, 2.05) is 0 Å². The van der Waals surface area contributed by atoms with Crippen molar-refractivity contribution in [2.24, 2.45) is 0 Å². The van der Waals surface area contributed by atoms with E-state index < -0.39 is 0 Å². The Morgan fingerprint density at radius 3 is 2.06 bits per heavy atom. The Hall–Kier alpha value is -5.60. The molecule has 0 fully saturated rings. The lowest BCUT2D eigenvalue weighted by atomic mass is 9.82. The summed E-state index contributed by atoms with van der Waals surface area (Å²) in [6.07, 6.45) is 5.86. The third-order valence-corrected chi connectivity index (χ3v) is 10.9. The lowest BCUT2D eigenvalue weighted by Gasteiger charge is -2.29. The van der Waals surface area contributed by atoms with Gasteiger partial charge in [0.25, 0.3) is 0 Å². The minimum Gasteiger partial charge on any atom is -0.333 e. The number of rotatable bonds is 3. The number of anilines is 2. The molecule has 10 rings (SSSR count). The van der Waals surface area contributed by atoms with E-state index in [2.05, 4.69) is 175 Å². The number of benzene rings is 6. The molecule has 1 aromatic heterocycles. The Labute approximate surface area is 275 Å². The maximum absolute atomic E-state index is 2.52. The topological polar surface area (TPSA) is 8.17 Å². The van der Waals surface area contributed by atoms with Crippen molar-refractivity contribution in [3.05, 3.63) is 174 Å². The molecule has 0 saturated heterocycles. The highest BCUT2D eigenvalue weighted by Gasteiger charge is 2.37. The van der Waals surface area contributed by atoms with Gasteiger partial charge in [-0.2, -0.15) is 0 Å². The van der Waals surface area contributed by atoms with E-state index in [-0.39, 0.29) is 5.41 Å². The SMILES string of the molecule is CC1(C)c2ccccc2-c2cc3c4cc(C5=CCC6C(=C5)c5ccccc5N6c5ccccc5)ccc4n(-c4ccccc4)c3cc21. The molecule has 2 aliphatic carbocycles. The summed E-state index contributed by atoms with van der Waals surface area (Å²) in [6.45, 7) is 4.74. The predicted molar refractivity (Wildman–Crippen MR) is 198 cm³/mol. The van der Waals surface area contributed by atoms with Crippen LogP contribution < -0.4 is 4.90 Å². The second kappa shape index (κ2) is 9.70. The molecule has 2 heteroatoms. The van der Waals surface area contributed by atoms with Crippen molar-refractivity contribution in [2.45, 2.75) is 31.7 Å². The van der Waals surface area contributed by atoms with Gasteiger partial charge in [-0.1, -0.05) is 105 Å². The van der Waals surface area contributed by atoms with Gasteiger partial charge in [-0.25, -0.2) is 0 Å². The first-order chi connectivity index (χ1) is 23.1. The first-order valence-corrected chi connectivity index (χ1v) is 16.7. The van der Waals surface area contributed by atoms with Crippen LogP contribution in [-0.4, -0.2) is 10.6 Å². The van der Waals surface area contributed by atoms with Crippen LogP contribution in [0.15, 0.2) is 152 Å². The average Bonchev–Trinajstić information content (AvgIpc) is 3.71. The fraction of sp³-hybridized carbons (Fsp3) is 0.111. The second-order valence-electron chi connectivity index (χ2n) is 13.7. The minimum atomic E-state index is -0.0515. The number of hydrogen-bond acceptors (Lipinski definition) is 1. The van der Waals surface area contributed by atoms with Crippen molar-refractivity contribution < 1.29 is 0 Å². The van der Waals surface area contributed by atoms with Crippen LogP contribution in [0.2, 0.25) is 0 Å². The van der Waals surface area contributed by atoms with E-state index in [9.17, 15) is 0 Å². The predicted octanol–water partition coefficient (Wildman–Crippen LogP) is 11.5. The van der Waals surface area contributed by atoms with E-state index in [0.717, 1.165) is 6.42 Å². The monoisotopic (exact) mass is 602 g/mol. The molecule has 0 saturated carbocycles. The normalized spacial score (nSPS) is 17.2. The van der Waals surface area contributed by atoms with Gasteiger partial charge in [0, 0.05) is 38.8 Å². The van der Waals surface area contributed by atoms with Gasteiger partial charge in [-0.3, -0.25) is 0 Å². The maximum atomic E-state index is 2.52. The molecule has 224 valence electrons. The Morgan fingerprint density at radius 1 is 0.574 bits per heavy atom. The average molecular weight is 603 g/mol. The molecule has 2 nitrogen and oxygen atoms in total. The van der Waals surface area contributed by atoms with E-state index in [1.54, 1.807) is 0 Å². The molecule has 2 heterocycles. The molecule has 0 N–H and O–H groups in total. The van der Waals surface area contributed by atoms with Gasteiger partial charge >= 0.3 is 0 Å². The first kappa shape index (κ1) is 26.6. The van der Waals surface area contributed by atoms with Crippen LogP contribution in [0.3, 0.4) is 0 Å². The summed E-state index contributed by atoms with van der Waals surface area (Å²) in [7, 11) is 0.